The van der Waals surface area contributed by atoms with Crippen LogP contribution in [0.1, 0.15) is 72.3 Å². The second-order valence-corrected chi connectivity index (χ2v) is 12.3. The third-order valence-corrected chi connectivity index (χ3v) is 9.42. The van der Waals surface area contributed by atoms with Crippen LogP contribution in [0, 0.1) is 6.92 Å². The highest BCUT2D eigenvalue weighted by Crippen LogP contribution is 2.38. The van der Waals surface area contributed by atoms with Crippen molar-refractivity contribution in [2.45, 2.75) is 103 Å². The Balaban J connectivity index is 1.79. The van der Waals surface area contributed by atoms with Crippen LogP contribution in [0.15, 0.2) is 24.3 Å². The van der Waals surface area contributed by atoms with E-state index in [0.717, 1.165) is 25.6 Å². The van der Waals surface area contributed by atoms with Gasteiger partial charge >= 0.3 is 13.1 Å². The standard InChI is InChI=1S/C24H40BO4Si/c1-20-12-14-22(15-13-20)30(18-10-8-7-9-17-27-21(2)26)19-11-16-25-28-23(3,4)24(5,6)29-25/h12-15H,7-11,16-19H2,1-6H3. The Morgan fingerprint density at radius 3 is 2.10 bits per heavy atom. The molecule has 0 atom stereocenters. The fourth-order valence-electron chi connectivity index (χ4n) is 3.78. The molecule has 0 N–H and O–H groups in total. The van der Waals surface area contributed by atoms with Crippen molar-refractivity contribution in [3.05, 3.63) is 29.8 Å². The maximum Gasteiger partial charge on any atom is 0.457 e. The summed E-state index contributed by atoms with van der Waals surface area (Å²) in [6.45, 7) is 12.7. The quantitative estimate of drug-likeness (QED) is 0.256. The van der Waals surface area contributed by atoms with E-state index in [-0.39, 0.29) is 24.3 Å². The molecule has 167 valence electrons. The summed E-state index contributed by atoms with van der Waals surface area (Å²) in [7, 11) is -0.675. The Morgan fingerprint density at radius 1 is 0.933 bits per heavy atom. The third kappa shape index (κ3) is 7.86. The predicted molar refractivity (Wildman–Crippen MR) is 127 cm³/mol. The molecule has 1 aromatic rings. The minimum Gasteiger partial charge on any atom is -0.466 e. The van der Waals surface area contributed by atoms with E-state index in [9.17, 15) is 4.79 Å². The summed E-state index contributed by atoms with van der Waals surface area (Å²) < 4.78 is 17.4. The van der Waals surface area contributed by atoms with Crippen LogP contribution in [0.25, 0.3) is 0 Å². The molecule has 1 aromatic carbocycles. The van der Waals surface area contributed by atoms with Gasteiger partial charge in [0.25, 0.3) is 0 Å². The molecule has 1 radical (unpaired) electrons. The van der Waals surface area contributed by atoms with E-state index in [0.29, 0.717) is 6.61 Å². The summed E-state index contributed by atoms with van der Waals surface area (Å²) in [6, 6.07) is 11.7. The molecule has 0 unspecified atom stereocenters. The van der Waals surface area contributed by atoms with Crippen LogP contribution in [-0.2, 0) is 18.8 Å². The number of hydrogen-bond donors (Lipinski definition) is 0. The zero-order valence-corrected chi connectivity index (χ0v) is 20.9. The number of unbranched alkanes of at least 4 members (excludes halogenated alkanes) is 3. The van der Waals surface area contributed by atoms with Crippen molar-refractivity contribution >= 4 is 27.1 Å². The summed E-state index contributed by atoms with van der Waals surface area (Å²) in [6.07, 6.45) is 6.66. The van der Waals surface area contributed by atoms with Gasteiger partial charge in [0.2, 0.25) is 0 Å². The van der Waals surface area contributed by atoms with E-state index < -0.39 is 8.80 Å². The number of carbonyl (C=O) groups excluding carboxylic acids is 1. The SMILES string of the molecule is CC(=O)OCCCCCC[Si](CCCB1OC(C)(C)C(C)(C)O1)c1ccc(C)cc1. The van der Waals surface area contributed by atoms with Crippen molar-refractivity contribution in [3.63, 3.8) is 0 Å². The summed E-state index contributed by atoms with van der Waals surface area (Å²) in [5.74, 6) is -0.179. The van der Waals surface area contributed by atoms with Gasteiger partial charge in [-0.1, -0.05) is 72.8 Å². The molecular weight excluding hydrogens is 391 g/mol. The molecule has 0 bridgehead atoms. The molecule has 1 aliphatic rings. The minimum atomic E-state index is -0.589. The van der Waals surface area contributed by atoms with Gasteiger partial charge in [-0.05, 0) is 47.4 Å². The maximum absolute atomic E-state index is 10.8. The van der Waals surface area contributed by atoms with E-state index in [4.69, 9.17) is 14.0 Å². The summed E-state index contributed by atoms with van der Waals surface area (Å²) in [4.78, 5) is 10.8. The first-order valence-electron chi connectivity index (χ1n) is 11.5. The zero-order chi connectivity index (χ0) is 22.2. The van der Waals surface area contributed by atoms with Gasteiger partial charge in [0.15, 0.2) is 0 Å². The summed E-state index contributed by atoms with van der Waals surface area (Å²) in [5.41, 5.74) is 0.839. The maximum atomic E-state index is 10.8. The fraction of sp³-hybridized carbons (Fsp3) is 0.708. The van der Waals surface area contributed by atoms with Crippen molar-refractivity contribution in [1.82, 2.24) is 0 Å². The van der Waals surface area contributed by atoms with Crippen LogP contribution >= 0.6 is 0 Å². The molecule has 4 nitrogen and oxygen atoms in total. The van der Waals surface area contributed by atoms with E-state index in [1.807, 2.05) is 0 Å². The molecule has 1 aliphatic heterocycles. The van der Waals surface area contributed by atoms with Crippen LogP contribution < -0.4 is 5.19 Å². The molecule has 0 saturated carbocycles. The second kappa shape index (κ2) is 11.5. The van der Waals surface area contributed by atoms with Crippen molar-refractivity contribution < 1.29 is 18.8 Å². The average molecular weight is 431 g/mol. The van der Waals surface area contributed by atoms with E-state index in [2.05, 4.69) is 58.9 Å². The van der Waals surface area contributed by atoms with Gasteiger partial charge in [-0.15, -0.1) is 0 Å². The Bertz CT molecular complexity index is 644. The molecule has 30 heavy (non-hydrogen) atoms. The van der Waals surface area contributed by atoms with Crippen LogP contribution in [0.2, 0.25) is 18.4 Å². The third-order valence-electron chi connectivity index (χ3n) is 6.36. The molecule has 0 spiro atoms. The van der Waals surface area contributed by atoms with Gasteiger partial charge in [-0.25, -0.2) is 0 Å². The van der Waals surface area contributed by atoms with Crippen LogP contribution in [0.5, 0.6) is 0 Å². The first kappa shape index (κ1) is 25.2. The highest BCUT2D eigenvalue weighted by Gasteiger charge is 2.50. The minimum absolute atomic E-state index is 0.0856. The van der Waals surface area contributed by atoms with E-state index in [1.165, 1.54) is 37.4 Å². The van der Waals surface area contributed by atoms with E-state index >= 15 is 0 Å². The lowest BCUT2D eigenvalue weighted by Gasteiger charge is -2.32. The number of esters is 1. The van der Waals surface area contributed by atoms with Crippen LogP contribution in [-0.4, -0.2) is 39.7 Å². The lowest BCUT2D eigenvalue weighted by atomic mass is 9.83. The van der Waals surface area contributed by atoms with Gasteiger partial charge in [-0.3, -0.25) is 4.79 Å². The lowest BCUT2D eigenvalue weighted by Crippen LogP contribution is -2.41. The van der Waals surface area contributed by atoms with Crippen molar-refractivity contribution in [1.29, 1.82) is 0 Å². The zero-order valence-electron chi connectivity index (χ0n) is 19.9. The Labute approximate surface area is 185 Å². The highest BCUT2D eigenvalue weighted by molar-refractivity contribution is 6.73. The normalized spacial score (nSPS) is 17.5. The number of aryl methyl sites for hydroxylation is 1. The molecule has 1 heterocycles. The van der Waals surface area contributed by atoms with Gasteiger partial charge in [0, 0.05) is 6.92 Å². The van der Waals surface area contributed by atoms with Crippen molar-refractivity contribution in [2.75, 3.05) is 6.61 Å². The first-order chi connectivity index (χ1) is 14.1. The highest BCUT2D eigenvalue weighted by atomic mass is 28.3. The molecule has 1 fully saturated rings. The van der Waals surface area contributed by atoms with Gasteiger partial charge in [0.05, 0.1) is 26.6 Å². The molecule has 0 aromatic heterocycles. The van der Waals surface area contributed by atoms with Gasteiger partial charge in [0.1, 0.15) is 0 Å². The molecule has 2 rings (SSSR count). The van der Waals surface area contributed by atoms with E-state index in [1.54, 1.807) is 5.19 Å². The lowest BCUT2D eigenvalue weighted by molar-refractivity contribution is -0.141. The van der Waals surface area contributed by atoms with Crippen molar-refractivity contribution in [2.24, 2.45) is 0 Å². The summed E-state index contributed by atoms with van der Waals surface area (Å²) >= 11 is 0. The monoisotopic (exact) mass is 431 g/mol. The summed E-state index contributed by atoms with van der Waals surface area (Å²) in [5, 5.41) is 1.54. The predicted octanol–water partition coefficient (Wildman–Crippen LogP) is 5.30. The van der Waals surface area contributed by atoms with Crippen LogP contribution in [0.3, 0.4) is 0 Å². The topological polar surface area (TPSA) is 44.8 Å². The molecular formula is C24H40BO4Si. The second-order valence-electron chi connectivity index (χ2n) is 9.55. The number of ether oxygens (including phenoxy) is 1. The number of benzene rings is 1. The number of carbonyl (C=O) groups is 1. The molecule has 0 aliphatic carbocycles. The van der Waals surface area contributed by atoms with Gasteiger partial charge < -0.3 is 14.0 Å². The number of rotatable bonds is 12. The van der Waals surface area contributed by atoms with Gasteiger partial charge in [-0.2, -0.15) is 0 Å². The Morgan fingerprint density at radius 2 is 1.50 bits per heavy atom. The Hall–Kier alpha value is -1.11. The first-order valence-corrected chi connectivity index (χ1v) is 13.4. The Kier molecular flexibility index (Phi) is 9.64. The fourth-order valence-corrected chi connectivity index (χ4v) is 6.55. The van der Waals surface area contributed by atoms with Crippen LogP contribution in [0.4, 0.5) is 0 Å². The molecule has 1 saturated heterocycles. The number of hydrogen-bond acceptors (Lipinski definition) is 4. The average Bonchev–Trinajstić information content (AvgIpc) is 2.86. The molecule has 0 amide bonds. The van der Waals surface area contributed by atoms with Crippen molar-refractivity contribution in [3.8, 4) is 0 Å². The molecule has 6 heteroatoms. The largest absolute Gasteiger partial charge is 0.466 e. The smallest absolute Gasteiger partial charge is 0.457 e.